The SMILES string of the molecule is COC(=O)C1=C(C(=O)OC)[C@H]2C[C@H]1C(=O)[C@H]1CC[C@@H](C1)C2=O. The summed E-state index contributed by atoms with van der Waals surface area (Å²) in [4.78, 5) is 49.6. The summed E-state index contributed by atoms with van der Waals surface area (Å²) in [6, 6.07) is 0. The quantitative estimate of drug-likeness (QED) is 0.702. The standard InChI is InChI=1S/C16H18O6/c1-21-15(19)11-9-6-10(12(11)16(20)22-2)14(18)8-4-3-7(5-8)13(9)17/h7-10H,3-6H2,1-2H3/t7-,8-,9+,10+/m0/s1. The van der Waals surface area contributed by atoms with Crippen molar-refractivity contribution in [3.05, 3.63) is 11.1 Å². The number of hydrogen-bond acceptors (Lipinski definition) is 6. The third-order valence-corrected chi connectivity index (χ3v) is 5.19. The first-order valence-corrected chi connectivity index (χ1v) is 7.47. The lowest BCUT2D eigenvalue weighted by atomic mass is 9.80. The summed E-state index contributed by atoms with van der Waals surface area (Å²) in [5, 5.41) is 0. The lowest BCUT2D eigenvalue weighted by molar-refractivity contribution is -0.140. The third-order valence-electron chi connectivity index (χ3n) is 5.19. The van der Waals surface area contributed by atoms with Gasteiger partial charge in [0.2, 0.25) is 0 Å². The molecule has 3 aliphatic carbocycles. The monoisotopic (exact) mass is 306 g/mol. The fourth-order valence-corrected chi connectivity index (χ4v) is 4.16. The maximum absolute atomic E-state index is 12.7. The highest BCUT2D eigenvalue weighted by molar-refractivity contribution is 6.11. The Kier molecular flexibility index (Phi) is 3.62. The summed E-state index contributed by atoms with van der Waals surface area (Å²) in [5.74, 6) is -3.36. The maximum atomic E-state index is 12.7. The van der Waals surface area contributed by atoms with Gasteiger partial charge in [0.15, 0.2) is 0 Å². The Bertz CT molecular complexity index is 552. The number of esters is 2. The molecule has 2 fully saturated rings. The van der Waals surface area contributed by atoms with Crippen molar-refractivity contribution in [2.75, 3.05) is 14.2 Å². The zero-order chi connectivity index (χ0) is 16.0. The van der Waals surface area contributed by atoms with Crippen LogP contribution >= 0.6 is 0 Å². The van der Waals surface area contributed by atoms with Crippen molar-refractivity contribution >= 4 is 23.5 Å². The topological polar surface area (TPSA) is 86.7 Å². The van der Waals surface area contributed by atoms with Gasteiger partial charge >= 0.3 is 11.9 Å². The molecular formula is C16H18O6. The molecule has 0 heterocycles. The number of hydrogen-bond donors (Lipinski definition) is 0. The van der Waals surface area contributed by atoms with Gasteiger partial charge in [0.1, 0.15) is 11.6 Å². The van der Waals surface area contributed by atoms with Gasteiger partial charge in [-0.1, -0.05) is 0 Å². The molecule has 4 bridgehead atoms. The Hall–Kier alpha value is -1.98. The molecule has 6 nitrogen and oxygen atoms in total. The van der Waals surface area contributed by atoms with Gasteiger partial charge in [-0.05, 0) is 25.7 Å². The molecule has 0 aliphatic heterocycles. The van der Waals surface area contributed by atoms with Crippen molar-refractivity contribution in [1.82, 2.24) is 0 Å². The van der Waals surface area contributed by atoms with Gasteiger partial charge in [-0.2, -0.15) is 0 Å². The molecule has 0 aromatic heterocycles. The summed E-state index contributed by atoms with van der Waals surface area (Å²) < 4.78 is 9.49. The molecule has 22 heavy (non-hydrogen) atoms. The molecule has 0 spiro atoms. The minimum absolute atomic E-state index is 0.0326. The molecule has 3 rings (SSSR count). The van der Waals surface area contributed by atoms with E-state index in [4.69, 9.17) is 9.47 Å². The summed E-state index contributed by atoms with van der Waals surface area (Å²) in [6.07, 6.45) is 2.09. The van der Waals surface area contributed by atoms with Crippen LogP contribution in [0.4, 0.5) is 0 Å². The van der Waals surface area contributed by atoms with Gasteiger partial charge in [0.25, 0.3) is 0 Å². The fourth-order valence-electron chi connectivity index (χ4n) is 4.16. The van der Waals surface area contributed by atoms with E-state index in [1.54, 1.807) is 0 Å². The summed E-state index contributed by atoms with van der Waals surface area (Å²) in [6.45, 7) is 0. The number of ether oxygens (including phenoxy) is 2. The van der Waals surface area contributed by atoms with Gasteiger partial charge < -0.3 is 9.47 Å². The minimum Gasteiger partial charge on any atom is -0.466 e. The van der Waals surface area contributed by atoms with Crippen LogP contribution in [-0.4, -0.2) is 37.7 Å². The number of fused-ring (bicyclic) bond motifs is 4. The lowest BCUT2D eigenvalue weighted by Gasteiger charge is -2.21. The lowest BCUT2D eigenvalue weighted by Crippen LogP contribution is -2.30. The van der Waals surface area contributed by atoms with Crippen LogP contribution in [0.25, 0.3) is 0 Å². The van der Waals surface area contributed by atoms with Gasteiger partial charge in [-0.15, -0.1) is 0 Å². The van der Waals surface area contributed by atoms with E-state index in [0.29, 0.717) is 19.3 Å². The second-order valence-electron chi connectivity index (χ2n) is 6.16. The minimum atomic E-state index is -0.723. The third kappa shape index (κ3) is 2.01. The largest absolute Gasteiger partial charge is 0.466 e. The number of carbonyl (C=O) groups is 4. The number of methoxy groups -OCH3 is 2. The van der Waals surface area contributed by atoms with Crippen molar-refractivity contribution in [1.29, 1.82) is 0 Å². The van der Waals surface area contributed by atoms with Crippen LogP contribution in [0.2, 0.25) is 0 Å². The molecule has 4 atom stereocenters. The van der Waals surface area contributed by atoms with E-state index in [1.807, 2.05) is 0 Å². The molecule has 2 saturated carbocycles. The van der Waals surface area contributed by atoms with E-state index < -0.39 is 23.8 Å². The van der Waals surface area contributed by atoms with Crippen molar-refractivity contribution in [3.8, 4) is 0 Å². The van der Waals surface area contributed by atoms with E-state index in [2.05, 4.69) is 0 Å². The van der Waals surface area contributed by atoms with Gasteiger partial charge in [-0.3, -0.25) is 9.59 Å². The Balaban J connectivity index is 2.16. The van der Waals surface area contributed by atoms with Crippen LogP contribution in [0.15, 0.2) is 11.1 Å². The van der Waals surface area contributed by atoms with Crippen LogP contribution in [0.3, 0.4) is 0 Å². The van der Waals surface area contributed by atoms with E-state index in [-0.39, 0.29) is 41.0 Å². The highest BCUT2D eigenvalue weighted by atomic mass is 16.5. The molecule has 0 unspecified atom stereocenters. The van der Waals surface area contributed by atoms with Gasteiger partial charge in [0.05, 0.1) is 37.2 Å². The predicted molar refractivity (Wildman–Crippen MR) is 73.5 cm³/mol. The molecule has 0 amide bonds. The molecule has 6 heteroatoms. The van der Waals surface area contributed by atoms with E-state index >= 15 is 0 Å². The van der Waals surface area contributed by atoms with Crippen LogP contribution in [0.1, 0.15) is 25.7 Å². The van der Waals surface area contributed by atoms with E-state index in [1.165, 1.54) is 14.2 Å². The Morgan fingerprint density at radius 3 is 1.59 bits per heavy atom. The summed E-state index contributed by atoms with van der Waals surface area (Å²) in [7, 11) is 2.40. The maximum Gasteiger partial charge on any atom is 0.335 e. The predicted octanol–water partition coefficient (Wildman–Crippen LogP) is 0.833. The Morgan fingerprint density at radius 2 is 1.23 bits per heavy atom. The van der Waals surface area contributed by atoms with Crippen LogP contribution in [-0.2, 0) is 28.7 Å². The smallest absolute Gasteiger partial charge is 0.335 e. The summed E-state index contributed by atoms with van der Waals surface area (Å²) in [5.41, 5.74) is 0.0653. The van der Waals surface area contributed by atoms with Crippen molar-refractivity contribution in [2.45, 2.75) is 25.7 Å². The number of rotatable bonds is 2. The van der Waals surface area contributed by atoms with E-state index in [0.717, 1.165) is 0 Å². The molecular weight excluding hydrogens is 288 g/mol. The highest BCUT2D eigenvalue weighted by Crippen LogP contribution is 2.48. The molecule has 3 aliphatic rings. The van der Waals surface area contributed by atoms with Gasteiger partial charge in [0, 0.05) is 11.8 Å². The van der Waals surface area contributed by atoms with Crippen molar-refractivity contribution in [3.63, 3.8) is 0 Å². The molecule has 0 N–H and O–H groups in total. The first kappa shape index (κ1) is 14.9. The van der Waals surface area contributed by atoms with Crippen molar-refractivity contribution in [2.24, 2.45) is 23.7 Å². The fraction of sp³-hybridized carbons (Fsp3) is 0.625. The zero-order valence-electron chi connectivity index (χ0n) is 12.6. The Morgan fingerprint density at radius 1 is 0.818 bits per heavy atom. The van der Waals surface area contributed by atoms with Gasteiger partial charge in [-0.25, -0.2) is 9.59 Å². The zero-order valence-corrected chi connectivity index (χ0v) is 12.6. The van der Waals surface area contributed by atoms with Crippen LogP contribution < -0.4 is 0 Å². The average molecular weight is 306 g/mol. The first-order chi connectivity index (χ1) is 10.5. The first-order valence-electron chi connectivity index (χ1n) is 7.47. The summed E-state index contributed by atoms with van der Waals surface area (Å²) >= 11 is 0. The molecule has 0 radical (unpaired) electrons. The second-order valence-corrected chi connectivity index (χ2v) is 6.16. The molecule has 118 valence electrons. The molecule has 0 aromatic carbocycles. The number of carbonyl (C=O) groups excluding carboxylic acids is 4. The van der Waals surface area contributed by atoms with E-state index in [9.17, 15) is 19.2 Å². The van der Waals surface area contributed by atoms with Crippen LogP contribution in [0, 0.1) is 23.7 Å². The average Bonchev–Trinajstić information content (AvgIpc) is 3.16. The number of Topliss-reactive ketones (excluding diaryl/α,β-unsaturated/α-hetero) is 2. The molecule has 0 aromatic rings. The van der Waals surface area contributed by atoms with Crippen molar-refractivity contribution < 1.29 is 28.7 Å². The second kappa shape index (κ2) is 5.34. The normalized spacial score (nSPS) is 33.5. The van der Waals surface area contributed by atoms with Crippen LogP contribution in [0.5, 0.6) is 0 Å². The Labute approximate surface area is 127 Å². The highest BCUT2D eigenvalue weighted by Gasteiger charge is 2.53. The number of ketones is 2. The molecule has 0 saturated heterocycles.